The van der Waals surface area contributed by atoms with Crippen LogP contribution in [0.1, 0.15) is 112 Å². The molecule has 90 heavy (non-hydrogen) atoms. The second-order valence-electron chi connectivity index (χ2n) is 25.5. The van der Waals surface area contributed by atoms with Gasteiger partial charge in [-0.1, -0.05) is 30.3 Å². The van der Waals surface area contributed by atoms with E-state index >= 15 is 0 Å². The summed E-state index contributed by atoms with van der Waals surface area (Å²) >= 11 is 0. The van der Waals surface area contributed by atoms with Crippen molar-refractivity contribution in [3.05, 3.63) is 94.5 Å². The number of imide groups is 4. The number of benzene rings is 3. The van der Waals surface area contributed by atoms with Gasteiger partial charge >= 0.3 is 6.09 Å². The summed E-state index contributed by atoms with van der Waals surface area (Å²) in [4.78, 5) is 136. The first-order valence-corrected chi connectivity index (χ1v) is 32.7. The summed E-state index contributed by atoms with van der Waals surface area (Å²) in [5, 5.41) is 7.94. The zero-order valence-corrected chi connectivity index (χ0v) is 53.1. The predicted octanol–water partition coefficient (Wildman–Crippen LogP) is 2.48. The van der Waals surface area contributed by atoms with Crippen LogP contribution in [-0.2, 0) is 30.5 Å². The number of ether oxygens (including phenoxy) is 1. The highest BCUT2D eigenvalue weighted by molar-refractivity contribution is 6.24. The third-order valence-electron chi connectivity index (χ3n) is 19.2. The van der Waals surface area contributed by atoms with Crippen LogP contribution in [0.15, 0.2) is 66.7 Å². The Morgan fingerprint density at radius 1 is 0.522 bits per heavy atom. The molecule has 3 aromatic carbocycles. The van der Waals surface area contributed by atoms with Crippen molar-refractivity contribution in [1.29, 1.82) is 0 Å². The molecule has 6 saturated heterocycles. The van der Waals surface area contributed by atoms with Gasteiger partial charge in [0.05, 0.1) is 22.3 Å². The molecule has 0 radical (unpaired) electrons. The van der Waals surface area contributed by atoms with Crippen LogP contribution in [0.3, 0.4) is 0 Å². The van der Waals surface area contributed by atoms with E-state index < -0.39 is 47.5 Å². The van der Waals surface area contributed by atoms with Crippen molar-refractivity contribution < 1.29 is 47.9 Å². The molecule has 6 fully saturated rings. The zero-order chi connectivity index (χ0) is 63.4. The molecular formula is C66H92N14O10. The van der Waals surface area contributed by atoms with Crippen LogP contribution < -0.4 is 25.8 Å². The van der Waals surface area contributed by atoms with Gasteiger partial charge < -0.3 is 34.6 Å². The van der Waals surface area contributed by atoms with E-state index in [9.17, 15) is 43.2 Å². The first kappa shape index (κ1) is 65.8. The van der Waals surface area contributed by atoms with Gasteiger partial charge in [-0.3, -0.25) is 78.4 Å². The van der Waals surface area contributed by atoms with Crippen molar-refractivity contribution in [2.45, 2.75) is 96.0 Å². The minimum absolute atomic E-state index is 0.102. The molecule has 486 valence electrons. The number of fused-ring (bicyclic) bond motifs is 2. The highest BCUT2D eigenvalue weighted by Gasteiger charge is 2.46. The van der Waals surface area contributed by atoms with Gasteiger partial charge in [-0.15, -0.1) is 0 Å². The van der Waals surface area contributed by atoms with Crippen molar-refractivity contribution in [2.24, 2.45) is 0 Å². The number of amides is 9. The second-order valence-corrected chi connectivity index (χ2v) is 25.5. The quantitative estimate of drug-likeness (QED) is 0.123. The predicted molar refractivity (Wildman–Crippen MR) is 340 cm³/mol. The average Bonchev–Trinajstić information content (AvgIpc) is 1.62. The maximum atomic E-state index is 13.2. The van der Waals surface area contributed by atoms with Crippen LogP contribution >= 0.6 is 0 Å². The maximum Gasteiger partial charge on any atom is 0.410 e. The lowest BCUT2D eigenvalue weighted by molar-refractivity contribution is -0.137. The smallest absolute Gasteiger partial charge is 0.410 e. The summed E-state index contributed by atoms with van der Waals surface area (Å²) in [5.74, 6) is -3.81. The van der Waals surface area contributed by atoms with Crippen molar-refractivity contribution in [3.63, 3.8) is 0 Å². The van der Waals surface area contributed by atoms with E-state index in [1.54, 1.807) is 24.3 Å². The molecule has 8 aliphatic heterocycles. The Kier molecular flexibility index (Phi) is 22.5. The number of nitrogens with zero attached hydrogens (tertiary/aromatic N) is 11. The largest absolute Gasteiger partial charge is 0.445 e. The van der Waals surface area contributed by atoms with E-state index in [-0.39, 0.29) is 43.6 Å². The van der Waals surface area contributed by atoms with Gasteiger partial charge in [-0.2, -0.15) is 0 Å². The summed E-state index contributed by atoms with van der Waals surface area (Å²) in [6.45, 7) is 26.0. The third kappa shape index (κ3) is 16.3. The fourth-order valence-corrected chi connectivity index (χ4v) is 13.7. The van der Waals surface area contributed by atoms with Crippen LogP contribution in [-0.4, -0.2) is 280 Å². The highest BCUT2D eigenvalue weighted by atomic mass is 16.6. The molecule has 0 bridgehead atoms. The number of piperidine rings is 2. The Balaban J connectivity index is 0.000000203. The van der Waals surface area contributed by atoms with Gasteiger partial charge in [0.2, 0.25) is 23.6 Å². The molecule has 2 unspecified atom stereocenters. The minimum Gasteiger partial charge on any atom is -0.445 e. The molecule has 0 aromatic heterocycles. The molecule has 0 saturated carbocycles. The Hall–Kier alpha value is -7.19. The third-order valence-corrected chi connectivity index (χ3v) is 19.2. The van der Waals surface area contributed by atoms with Crippen molar-refractivity contribution in [2.75, 3.05) is 168 Å². The summed E-state index contributed by atoms with van der Waals surface area (Å²) in [6, 6.07) is 19.5. The fourth-order valence-electron chi connectivity index (χ4n) is 13.7. The van der Waals surface area contributed by atoms with Gasteiger partial charge in [0.15, 0.2) is 0 Å². The maximum absolute atomic E-state index is 13.2. The summed E-state index contributed by atoms with van der Waals surface area (Å²) in [7, 11) is 4.41. The molecule has 3 aromatic rings. The minimum atomic E-state index is -0.958. The molecule has 0 spiro atoms. The average molecular weight is 1240 g/mol. The highest BCUT2D eigenvalue weighted by Crippen LogP contribution is 2.33. The molecule has 24 nitrogen and oxygen atoms in total. The van der Waals surface area contributed by atoms with E-state index in [1.807, 2.05) is 47.4 Å². The lowest BCUT2D eigenvalue weighted by atomic mass is 10.0. The number of hydrogen-bond acceptors (Lipinski definition) is 19. The number of anilines is 2. The summed E-state index contributed by atoms with van der Waals surface area (Å²) in [5.41, 5.74) is 4.09. The Labute approximate surface area is 529 Å². The molecule has 24 heteroatoms. The molecule has 8 aliphatic rings. The molecule has 8 heterocycles. The van der Waals surface area contributed by atoms with E-state index in [2.05, 4.69) is 83.1 Å². The van der Waals surface area contributed by atoms with Gasteiger partial charge in [0.25, 0.3) is 23.6 Å². The lowest BCUT2D eigenvalue weighted by Gasteiger charge is -2.39. The van der Waals surface area contributed by atoms with Crippen LogP contribution in [0.4, 0.5) is 16.2 Å². The number of rotatable bonds is 22. The fraction of sp³-hybridized carbons (Fsp3) is 0.591. The van der Waals surface area contributed by atoms with Crippen LogP contribution in [0.5, 0.6) is 0 Å². The Morgan fingerprint density at radius 3 is 1.43 bits per heavy atom. The lowest BCUT2D eigenvalue weighted by Crippen LogP contribution is -2.54. The first-order valence-electron chi connectivity index (χ1n) is 32.7. The second kappa shape index (κ2) is 30.7. The van der Waals surface area contributed by atoms with Gasteiger partial charge in [0.1, 0.15) is 18.7 Å². The van der Waals surface area contributed by atoms with E-state index in [1.165, 1.54) is 13.0 Å². The number of carbonyl (C=O) groups is 9. The van der Waals surface area contributed by atoms with Gasteiger partial charge in [0, 0.05) is 128 Å². The topological polar surface area (TPSA) is 235 Å². The Bertz CT molecular complexity index is 3080. The summed E-state index contributed by atoms with van der Waals surface area (Å²) < 4.78 is 5.53. The molecule has 9 amide bonds. The van der Waals surface area contributed by atoms with Crippen molar-refractivity contribution >= 4 is 64.7 Å². The molecule has 3 N–H and O–H groups in total. The number of hydrogen-bond donors (Lipinski definition) is 3. The standard InChI is InChI=1S/C37H49N7O6.C29H43N7O4/c1-27-25-43(37(49)50-26-28-8-4-3-5-9-28)23-22-41(27)17-7-15-39(2)14-6-16-40-18-20-42(21-19-40)29-10-11-30-31(24-29)36(48)44(35(30)47)32-12-13-33(45)38-34(32)46;1-21-20-30-9-14-34(21)13-4-11-32(2)10-3-12-33-15-17-35(18-16-33)22-5-6-23-24(19-22)29(40)36(28(23)39)25-7-8-26(37)31-27(25)38/h3-5,8-11,24,27,32H,6-7,12-23,25-26H2,1-2H3,(H,38,45,46);5-6,19,21,25,30H,3-4,7-18,20H2,1-2H3,(H,31,37,38)/t27-,32?;21-,25?/m00/s1. The van der Waals surface area contributed by atoms with E-state index in [0.29, 0.717) is 54.0 Å². The van der Waals surface area contributed by atoms with Crippen LogP contribution in [0, 0.1) is 0 Å². The van der Waals surface area contributed by atoms with Crippen molar-refractivity contribution in [3.8, 4) is 0 Å². The van der Waals surface area contributed by atoms with E-state index in [0.717, 1.165) is 170 Å². The molecule has 11 rings (SSSR count). The Morgan fingerprint density at radius 2 is 0.978 bits per heavy atom. The van der Waals surface area contributed by atoms with Gasteiger partial charge in [-0.05, 0) is 161 Å². The normalized spacial score (nSPS) is 23.2. The zero-order valence-electron chi connectivity index (χ0n) is 53.1. The number of nitrogens with one attached hydrogen (secondary N) is 3. The number of piperazine rings is 4. The molecule has 4 atom stereocenters. The van der Waals surface area contributed by atoms with Crippen LogP contribution in [0.2, 0.25) is 0 Å². The van der Waals surface area contributed by atoms with Crippen LogP contribution in [0.25, 0.3) is 0 Å². The van der Waals surface area contributed by atoms with E-state index in [4.69, 9.17) is 4.74 Å². The van der Waals surface area contributed by atoms with Crippen molar-refractivity contribution in [1.82, 2.24) is 60.0 Å². The molecular weight excluding hydrogens is 1150 g/mol. The SMILES string of the molecule is C[C@H]1CN(C(=O)OCc2ccccc2)CCN1CCCN(C)CCCN1CCN(c2ccc3c(c2)C(=O)N(C2CCC(=O)NC2=O)C3=O)CC1.C[C@H]1CNCCN1CCCN(C)CCCN1CCN(c2ccc3c(c2)C(=O)N(C2CCC(=O)NC2=O)C3=O)CC1. The monoisotopic (exact) mass is 1240 g/mol. The number of carbonyl (C=O) groups excluding carboxylic acids is 9. The van der Waals surface area contributed by atoms with Gasteiger partial charge in [-0.25, -0.2) is 4.79 Å². The first-order chi connectivity index (χ1) is 43.5. The molecule has 0 aliphatic carbocycles. The summed E-state index contributed by atoms with van der Waals surface area (Å²) in [6.07, 6.45) is 4.81.